The molecule has 0 spiro atoms. The normalized spacial score (nSPS) is 10.8. The first-order chi connectivity index (χ1) is 12.4. The van der Waals surface area contributed by atoms with Crippen LogP contribution in [0.4, 0.5) is 10.1 Å². The Morgan fingerprint density at radius 3 is 2.50 bits per heavy atom. The van der Waals surface area contributed by atoms with Crippen LogP contribution in [-0.4, -0.2) is 15.7 Å². The predicted octanol–water partition coefficient (Wildman–Crippen LogP) is 4.96. The van der Waals surface area contributed by atoms with Gasteiger partial charge in [-0.3, -0.25) is 4.79 Å². The molecule has 0 unspecified atom stereocenters. The maximum absolute atomic E-state index is 13.8. The number of rotatable bonds is 5. The lowest BCUT2D eigenvalue weighted by molar-refractivity contribution is -0.116. The standard InChI is InChI=1S/C20H19BrFN3O/c1-13-11-14(2)25(24-13)17-7-3-15(4-8-17)5-10-20(26)23-19-9-6-16(21)12-18(19)22/h3-4,6-9,11-12H,5,10H2,1-2H3,(H,23,26). The first-order valence-electron chi connectivity index (χ1n) is 8.30. The van der Waals surface area contributed by atoms with Crippen molar-refractivity contribution < 1.29 is 9.18 Å². The summed E-state index contributed by atoms with van der Waals surface area (Å²) in [5.41, 5.74) is 4.27. The average molecular weight is 416 g/mol. The highest BCUT2D eigenvalue weighted by atomic mass is 79.9. The van der Waals surface area contributed by atoms with E-state index in [1.807, 2.05) is 48.9 Å². The zero-order valence-corrected chi connectivity index (χ0v) is 16.2. The Labute approximate surface area is 160 Å². The molecule has 26 heavy (non-hydrogen) atoms. The van der Waals surface area contributed by atoms with E-state index in [2.05, 4.69) is 26.3 Å². The summed E-state index contributed by atoms with van der Waals surface area (Å²) in [7, 11) is 0. The number of hydrogen-bond donors (Lipinski definition) is 1. The lowest BCUT2D eigenvalue weighted by Gasteiger charge is -2.08. The number of benzene rings is 2. The summed E-state index contributed by atoms with van der Waals surface area (Å²) in [6.45, 7) is 3.98. The summed E-state index contributed by atoms with van der Waals surface area (Å²) in [6.07, 6.45) is 0.871. The van der Waals surface area contributed by atoms with Crippen molar-refractivity contribution >= 4 is 27.5 Å². The molecule has 1 aromatic heterocycles. The summed E-state index contributed by atoms with van der Waals surface area (Å²) in [6, 6.07) is 14.5. The van der Waals surface area contributed by atoms with Gasteiger partial charge in [-0.15, -0.1) is 0 Å². The van der Waals surface area contributed by atoms with Crippen molar-refractivity contribution in [1.29, 1.82) is 0 Å². The topological polar surface area (TPSA) is 46.9 Å². The van der Waals surface area contributed by atoms with Crippen molar-refractivity contribution in [2.45, 2.75) is 26.7 Å². The predicted molar refractivity (Wildman–Crippen MR) is 104 cm³/mol. The van der Waals surface area contributed by atoms with Crippen LogP contribution in [-0.2, 0) is 11.2 Å². The number of amides is 1. The Hall–Kier alpha value is -2.47. The third kappa shape index (κ3) is 4.38. The summed E-state index contributed by atoms with van der Waals surface area (Å²) in [5, 5.41) is 7.07. The zero-order valence-electron chi connectivity index (χ0n) is 14.6. The quantitative estimate of drug-likeness (QED) is 0.639. The lowest BCUT2D eigenvalue weighted by atomic mass is 10.1. The Kier molecular flexibility index (Phi) is 5.52. The smallest absolute Gasteiger partial charge is 0.224 e. The minimum absolute atomic E-state index is 0.193. The minimum atomic E-state index is -0.457. The van der Waals surface area contributed by atoms with Crippen molar-refractivity contribution in [3.05, 3.63) is 75.8 Å². The number of carbonyl (C=O) groups excluding carboxylic acids is 1. The molecule has 2 aromatic carbocycles. The summed E-state index contributed by atoms with van der Waals surface area (Å²) >= 11 is 3.19. The fourth-order valence-electron chi connectivity index (χ4n) is 2.76. The van der Waals surface area contributed by atoms with E-state index in [1.54, 1.807) is 12.1 Å². The SMILES string of the molecule is Cc1cc(C)n(-c2ccc(CCC(=O)Nc3ccc(Br)cc3F)cc2)n1. The number of halogens is 2. The molecular formula is C20H19BrFN3O. The molecule has 0 aliphatic carbocycles. The molecule has 6 heteroatoms. The van der Waals surface area contributed by atoms with Crippen molar-refractivity contribution in [2.24, 2.45) is 0 Å². The minimum Gasteiger partial charge on any atom is -0.324 e. The van der Waals surface area contributed by atoms with Crippen LogP contribution in [0.1, 0.15) is 23.4 Å². The van der Waals surface area contributed by atoms with Crippen LogP contribution < -0.4 is 5.32 Å². The number of aryl methyl sites for hydroxylation is 3. The van der Waals surface area contributed by atoms with Crippen molar-refractivity contribution in [2.75, 3.05) is 5.32 Å². The average Bonchev–Trinajstić information content (AvgIpc) is 2.94. The van der Waals surface area contributed by atoms with Gasteiger partial charge in [0.1, 0.15) is 5.82 Å². The second kappa shape index (κ2) is 7.83. The van der Waals surface area contributed by atoms with Gasteiger partial charge in [0.15, 0.2) is 0 Å². The molecule has 0 bridgehead atoms. The van der Waals surface area contributed by atoms with Crippen LogP contribution in [0.5, 0.6) is 0 Å². The maximum atomic E-state index is 13.8. The van der Waals surface area contributed by atoms with Gasteiger partial charge < -0.3 is 5.32 Å². The third-order valence-corrected chi connectivity index (χ3v) is 4.53. The fourth-order valence-corrected chi connectivity index (χ4v) is 3.09. The molecule has 0 aliphatic rings. The Bertz CT molecular complexity index is 935. The molecule has 3 aromatic rings. The fraction of sp³-hybridized carbons (Fsp3) is 0.200. The molecule has 1 heterocycles. The first kappa shape index (κ1) is 18.3. The maximum Gasteiger partial charge on any atom is 0.224 e. The molecule has 4 nitrogen and oxygen atoms in total. The van der Waals surface area contributed by atoms with Gasteiger partial charge >= 0.3 is 0 Å². The lowest BCUT2D eigenvalue weighted by Crippen LogP contribution is -2.13. The van der Waals surface area contributed by atoms with Crippen LogP contribution >= 0.6 is 15.9 Å². The van der Waals surface area contributed by atoms with Crippen molar-refractivity contribution in [3.63, 3.8) is 0 Å². The molecule has 3 rings (SSSR count). The van der Waals surface area contributed by atoms with Crippen LogP contribution in [0, 0.1) is 19.7 Å². The van der Waals surface area contributed by atoms with Gasteiger partial charge in [0.25, 0.3) is 0 Å². The van der Waals surface area contributed by atoms with Crippen molar-refractivity contribution in [1.82, 2.24) is 9.78 Å². The van der Waals surface area contributed by atoms with Gasteiger partial charge in [-0.05, 0) is 62.2 Å². The van der Waals surface area contributed by atoms with E-state index in [0.717, 1.165) is 22.6 Å². The molecule has 0 fully saturated rings. The zero-order chi connectivity index (χ0) is 18.7. The Morgan fingerprint density at radius 1 is 1.15 bits per heavy atom. The number of anilines is 1. The van der Waals surface area contributed by atoms with Crippen LogP contribution in [0.2, 0.25) is 0 Å². The van der Waals surface area contributed by atoms with Gasteiger partial charge in [0.05, 0.1) is 17.1 Å². The van der Waals surface area contributed by atoms with Crippen LogP contribution in [0.3, 0.4) is 0 Å². The van der Waals surface area contributed by atoms with Gasteiger partial charge in [-0.2, -0.15) is 5.10 Å². The van der Waals surface area contributed by atoms with E-state index in [-0.39, 0.29) is 18.0 Å². The van der Waals surface area contributed by atoms with Crippen molar-refractivity contribution in [3.8, 4) is 5.69 Å². The van der Waals surface area contributed by atoms with Gasteiger partial charge in [0.2, 0.25) is 5.91 Å². The van der Waals surface area contributed by atoms with E-state index >= 15 is 0 Å². The van der Waals surface area contributed by atoms with Gasteiger partial charge in [-0.1, -0.05) is 28.1 Å². The van der Waals surface area contributed by atoms with Crippen LogP contribution in [0.15, 0.2) is 53.0 Å². The molecule has 1 amide bonds. The first-order valence-corrected chi connectivity index (χ1v) is 9.09. The number of hydrogen-bond acceptors (Lipinski definition) is 2. The number of carbonyl (C=O) groups is 1. The third-order valence-electron chi connectivity index (χ3n) is 4.04. The molecule has 0 saturated heterocycles. The highest BCUT2D eigenvalue weighted by molar-refractivity contribution is 9.10. The van der Waals surface area contributed by atoms with E-state index in [4.69, 9.17) is 0 Å². The van der Waals surface area contributed by atoms with Gasteiger partial charge in [-0.25, -0.2) is 9.07 Å². The molecule has 0 radical (unpaired) electrons. The summed E-state index contributed by atoms with van der Waals surface area (Å²) in [5.74, 6) is -0.671. The van der Waals surface area contributed by atoms with E-state index in [0.29, 0.717) is 10.9 Å². The monoisotopic (exact) mass is 415 g/mol. The molecule has 0 saturated carbocycles. The molecular weight excluding hydrogens is 397 g/mol. The number of aromatic nitrogens is 2. The summed E-state index contributed by atoms with van der Waals surface area (Å²) < 4.78 is 16.3. The largest absolute Gasteiger partial charge is 0.324 e. The van der Waals surface area contributed by atoms with E-state index < -0.39 is 5.82 Å². The Balaban J connectivity index is 1.59. The van der Waals surface area contributed by atoms with Gasteiger partial charge in [0, 0.05) is 16.6 Å². The van der Waals surface area contributed by atoms with E-state index in [1.165, 1.54) is 6.07 Å². The molecule has 134 valence electrons. The summed E-state index contributed by atoms with van der Waals surface area (Å²) in [4.78, 5) is 12.1. The van der Waals surface area contributed by atoms with E-state index in [9.17, 15) is 9.18 Å². The molecule has 1 N–H and O–H groups in total. The second-order valence-corrected chi connectivity index (χ2v) is 7.09. The molecule has 0 aliphatic heterocycles. The van der Waals surface area contributed by atoms with Crippen LogP contribution in [0.25, 0.3) is 5.69 Å². The number of nitrogens with zero attached hydrogens (tertiary/aromatic N) is 2. The Morgan fingerprint density at radius 2 is 1.88 bits per heavy atom. The number of nitrogens with one attached hydrogen (secondary N) is 1. The second-order valence-electron chi connectivity index (χ2n) is 6.18. The highest BCUT2D eigenvalue weighted by Gasteiger charge is 2.08. The molecule has 0 atom stereocenters. The highest BCUT2D eigenvalue weighted by Crippen LogP contribution is 2.20.